The van der Waals surface area contributed by atoms with Gasteiger partial charge in [0.05, 0.1) is 18.0 Å². The van der Waals surface area contributed by atoms with Crippen molar-refractivity contribution in [2.45, 2.75) is 24.4 Å². The summed E-state index contributed by atoms with van der Waals surface area (Å²) in [7, 11) is -2.14. The Balaban J connectivity index is 1.92. The van der Waals surface area contributed by atoms with E-state index in [1.54, 1.807) is 37.4 Å². The number of sulfonamides is 1. The molecule has 2 N–H and O–H groups in total. The van der Waals surface area contributed by atoms with Crippen molar-refractivity contribution in [3.05, 3.63) is 60.2 Å². The SMILES string of the molecule is COc1ccc(CNC(=O)[C@@H](C)NS(=O)(=O)c2ccccc2)cc1. The van der Waals surface area contributed by atoms with E-state index in [2.05, 4.69) is 10.0 Å². The third kappa shape index (κ3) is 4.81. The molecule has 1 atom stereocenters. The van der Waals surface area contributed by atoms with Gasteiger partial charge in [-0.15, -0.1) is 0 Å². The van der Waals surface area contributed by atoms with Gasteiger partial charge in [-0.2, -0.15) is 4.72 Å². The molecule has 0 heterocycles. The molecule has 24 heavy (non-hydrogen) atoms. The van der Waals surface area contributed by atoms with Crippen LogP contribution in [0.1, 0.15) is 12.5 Å². The average Bonchev–Trinajstić information content (AvgIpc) is 2.60. The molecule has 0 saturated heterocycles. The first-order valence-electron chi connectivity index (χ1n) is 7.40. The Hall–Kier alpha value is -2.38. The highest BCUT2D eigenvalue weighted by Crippen LogP contribution is 2.11. The van der Waals surface area contributed by atoms with Crippen molar-refractivity contribution >= 4 is 15.9 Å². The van der Waals surface area contributed by atoms with Crippen LogP contribution in [0, 0.1) is 0 Å². The molecule has 0 bridgehead atoms. The minimum absolute atomic E-state index is 0.125. The van der Waals surface area contributed by atoms with Crippen molar-refractivity contribution in [2.75, 3.05) is 7.11 Å². The van der Waals surface area contributed by atoms with Gasteiger partial charge in [-0.1, -0.05) is 30.3 Å². The summed E-state index contributed by atoms with van der Waals surface area (Å²) in [6.45, 7) is 1.81. The van der Waals surface area contributed by atoms with Gasteiger partial charge in [0.25, 0.3) is 0 Å². The molecule has 2 aromatic rings. The van der Waals surface area contributed by atoms with Crippen LogP contribution in [0.5, 0.6) is 5.75 Å². The number of carbonyl (C=O) groups excluding carboxylic acids is 1. The van der Waals surface area contributed by atoms with E-state index in [0.29, 0.717) is 6.54 Å². The molecular formula is C17H20N2O4S. The van der Waals surface area contributed by atoms with Gasteiger partial charge in [0.15, 0.2) is 0 Å². The van der Waals surface area contributed by atoms with E-state index >= 15 is 0 Å². The number of ether oxygens (including phenoxy) is 1. The van der Waals surface area contributed by atoms with E-state index in [1.165, 1.54) is 19.1 Å². The summed E-state index contributed by atoms with van der Waals surface area (Å²) in [5, 5.41) is 2.70. The zero-order chi connectivity index (χ0) is 17.6. The van der Waals surface area contributed by atoms with Crippen LogP contribution in [0.3, 0.4) is 0 Å². The molecule has 0 fully saturated rings. The number of hydrogen-bond acceptors (Lipinski definition) is 4. The van der Waals surface area contributed by atoms with E-state index in [4.69, 9.17) is 4.74 Å². The summed E-state index contributed by atoms with van der Waals surface area (Å²) >= 11 is 0. The van der Waals surface area contributed by atoms with Crippen LogP contribution in [0.25, 0.3) is 0 Å². The molecule has 0 unspecified atom stereocenters. The van der Waals surface area contributed by atoms with Crippen molar-refractivity contribution in [2.24, 2.45) is 0 Å². The highest BCUT2D eigenvalue weighted by Gasteiger charge is 2.21. The fourth-order valence-corrected chi connectivity index (χ4v) is 3.26. The number of hydrogen-bond donors (Lipinski definition) is 2. The van der Waals surface area contributed by atoms with Crippen LogP contribution in [-0.4, -0.2) is 27.5 Å². The van der Waals surface area contributed by atoms with Gasteiger partial charge in [-0.3, -0.25) is 4.79 Å². The molecule has 2 rings (SSSR count). The highest BCUT2D eigenvalue weighted by atomic mass is 32.2. The van der Waals surface area contributed by atoms with Crippen molar-refractivity contribution < 1.29 is 17.9 Å². The third-order valence-corrected chi connectivity index (χ3v) is 4.96. The van der Waals surface area contributed by atoms with Crippen LogP contribution < -0.4 is 14.8 Å². The quantitative estimate of drug-likeness (QED) is 0.797. The second kappa shape index (κ2) is 7.94. The Bertz CT molecular complexity index is 774. The predicted molar refractivity (Wildman–Crippen MR) is 91.1 cm³/mol. The second-order valence-electron chi connectivity index (χ2n) is 5.22. The number of amides is 1. The number of carbonyl (C=O) groups is 1. The summed E-state index contributed by atoms with van der Waals surface area (Å²) < 4.78 is 31.8. The Kier molecular flexibility index (Phi) is 5.94. The molecule has 0 aliphatic carbocycles. The van der Waals surface area contributed by atoms with Gasteiger partial charge in [-0.05, 0) is 36.8 Å². The molecule has 128 valence electrons. The first-order chi connectivity index (χ1) is 11.4. The van der Waals surface area contributed by atoms with Gasteiger partial charge >= 0.3 is 0 Å². The minimum Gasteiger partial charge on any atom is -0.497 e. The van der Waals surface area contributed by atoms with Crippen molar-refractivity contribution in [1.29, 1.82) is 0 Å². The lowest BCUT2D eigenvalue weighted by Gasteiger charge is -2.14. The fraction of sp³-hybridized carbons (Fsp3) is 0.235. The molecule has 0 aliphatic heterocycles. The maximum Gasteiger partial charge on any atom is 0.241 e. The zero-order valence-corrected chi connectivity index (χ0v) is 14.3. The summed E-state index contributed by atoms with van der Waals surface area (Å²) in [5.41, 5.74) is 0.891. The topological polar surface area (TPSA) is 84.5 Å². The van der Waals surface area contributed by atoms with Gasteiger partial charge in [0.1, 0.15) is 5.75 Å². The van der Waals surface area contributed by atoms with E-state index in [1.807, 2.05) is 12.1 Å². The van der Waals surface area contributed by atoms with Crippen molar-refractivity contribution in [3.8, 4) is 5.75 Å². The van der Waals surface area contributed by atoms with E-state index in [9.17, 15) is 13.2 Å². The van der Waals surface area contributed by atoms with Crippen LogP contribution in [0.4, 0.5) is 0 Å². The van der Waals surface area contributed by atoms with E-state index < -0.39 is 22.0 Å². The van der Waals surface area contributed by atoms with Crippen LogP contribution >= 0.6 is 0 Å². The molecule has 0 aromatic heterocycles. The van der Waals surface area contributed by atoms with E-state index in [-0.39, 0.29) is 4.90 Å². The first-order valence-corrected chi connectivity index (χ1v) is 8.89. The normalized spacial score (nSPS) is 12.4. The molecule has 6 nitrogen and oxygen atoms in total. The van der Waals surface area contributed by atoms with Crippen molar-refractivity contribution in [1.82, 2.24) is 10.0 Å². The number of benzene rings is 2. The monoisotopic (exact) mass is 348 g/mol. The number of methoxy groups -OCH3 is 1. The standard InChI is InChI=1S/C17H20N2O4S/c1-13(19-24(21,22)16-6-4-3-5-7-16)17(20)18-12-14-8-10-15(23-2)11-9-14/h3-11,13,19H,12H2,1-2H3,(H,18,20)/t13-/m1/s1. The molecule has 2 aromatic carbocycles. The summed E-state index contributed by atoms with van der Waals surface area (Å²) in [4.78, 5) is 12.2. The van der Waals surface area contributed by atoms with Crippen LogP contribution in [0.2, 0.25) is 0 Å². The maximum atomic E-state index is 12.2. The van der Waals surface area contributed by atoms with Gasteiger partial charge in [0, 0.05) is 6.54 Å². The van der Waals surface area contributed by atoms with Crippen LogP contribution in [-0.2, 0) is 21.4 Å². The molecule has 0 aliphatic rings. The Morgan fingerprint density at radius 3 is 2.29 bits per heavy atom. The Morgan fingerprint density at radius 2 is 1.71 bits per heavy atom. The Morgan fingerprint density at radius 1 is 1.08 bits per heavy atom. The minimum atomic E-state index is -3.72. The van der Waals surface area contributed by atoms with Gasteiger partial charge < -0.3 is 10.1 Å². The van der Waals surface area contributed by atoms with Crippen LogP contribution in [0.15, 0.2) is 59.5 Å². The predicted octanol–water partition coefficient (Wildman–Crippen LogP) is 1.68. The summed E-state index contributed by atoms with van der Waals surface area (Å²) in [6.07, 6.45) is 0. The molecular weight excluding hydrogens is 328 g/mol. The lowest BCUT2D eigenvalue weighted by Crippen LogP contribution is -2.44. The largest absolute Gasteiger partial charge is 0.497 e. The molecule has 0 radical (unpaired) electrons. The lowest BCUT2D eigenvalue weighted by atomic mass is 10.2. The van der Waals surface area contributed by atoms with Gasteiger partial charge in [-0.25, -0.2) is 8.42 Å². The smallest absolute Gasteiger partial charge is 0.241 e. The second-order valence-corrected chi connectivity index (χ2v) is 6.94. The first kappa shape index (κ1) is 18.0. The highest BCUT2D eigenvalue weighted by molar-refractivity contribution is 7.89. The molecule has 0 saturated carbocycles. The number of nitrogens with one attached hydrogen (secondary N) is 2. The number of rotatable bonds is 7. The van der Waals surface area contributed by atoms with Crippen molar-refractivity contribution in [3.63, 3.8) is 0 Å². The third-order valence-electron chi connectivity index (χ3n) is 3.40. The summed E-state index contributed by atoms with van der Waals surface area (Å²) in [6, 6.07) is 14.3. The average molecular weight is 348 g/mol. The zero-order valence-electron chi connectivity index (χ0n) is 13.5. The molecule has 0 spiro atoms. The van der Waals surface area contributed by atoms with E-state index in [0.717, 1.165) is 11.3 Å². The summed E-state index contributed by atoms with van der Waals surface area (Å²) in [5.74, 6) is 0.333. The molecule has 7 heteroatoms. The van der Waals surface area contributed by atoms with Gasteiger partial charge in [0.2, 0.25) is 15.9 Å². The molecule has 1 amide bonds. The Labute approximate surface area is 141 Å². The maximum absolute atomic E-state index is 12.2. The fourth-order valence-electron chi connectivity index (χ4n) is 2.04. The lowest BCUT2D eigenvalue weighted by molar-refractivity contribution is -0.122.